The molecule has 0 radical (unpaired) electrons. The number of aryl methyl sites for hydroxylation is 2. The van der Waals surface area contributed by atoms with Gasteiger partial charge < -0.3 is 5.32 Å². The Hall–Kier alpha value is -3.07. The van der Waals surface area contributed by atoms with Crippen LogP contribution in [0.15, 0.2) is 60.7 Å². The van der Waals surface area contributed by atoms with Crippen molar-refractivity contribution in [3.05, 3.63) is 77.4 Å². The summed E-state index contributed by atoms with van der Waals surface area (Å²) in [7, 11) is 0. The Morgan fingerprint density at radius 2 is 1.75 bits per heavy atom. The molecule has 2 heterocycles. The molecule has 0 bridgehead atoms. The maximum Gasteiger partial charge on any atom is 0.133 e. The van der Waals surface area contributed by atoms with Crippen LogP contribution in [0.5, 0.6) is 0 Å². The average molecular weight is 367 g/mol. The van der Waals surface area contributed by atoms with E-state index in [1.54, 1.807) is 0 Å². The Morgan fingerprint density at radius 3 is 2.64 bits per heavy atom. The van der Waals surface area contributed by atoms with Gasteiger partial charge >= 0.3 is 0 Å². The van der Waals surface area contributed by atoms with Gasteiger partial charge in [-0.2, -0.15) is 5.10 Å². The third kappa shape index (κ3) is 2.78. The van der Waals surface area contributed by atoms with Gasteiger partial charge in [0.05, 0.1) is 11.4 Å². The molecule has 28 heavy (non-hydrogen) atoms. The third-order valence-electron chi connectivity index (χ3n) is 5.91. The lowest BCUT2D eigenvalue weighted by Crippen LogP contribution is -2.07. The second kappa shape index (κ2) is 6.83. The first-order chi connectivity index (χ1) is 13.7. The van der Waals surface area contributed by atoms with Crippen LogP contribution in [-0.2, 0) is 6.42 Å². The van der Waals surface area contributed by atoms with Gasteiger partial charge in [-0.15, -0.1) is 0 Å². The summed E-state index contributed by atoms with van der Waals surface area (Å²) in [5, 5.41) is 11.3. The number of aromatic nitrogens is 2. The molecule has 0 atom stereocenters. The maximum atomic E-state index is 5.15. The van der Waals surface area contributed by atoms with E-state index in [2.05, 4.69) is 84.5 Å². The smallest absolute Gasteiger partial charge is 0.133 e. The molecule has 1 N–H and O–H groups in total. The van der Waals surface area contributed by atoms with Crippen LogP contribution < -0.4 is 5.32 Å². The number of nitrogens with one attached hydrogen (secondary N) is 1. The zero-order chi connectivity index (χ0) is 19.1. The molecular weight excluding hydrogens is 342 g/mol. The summed E-state index contributed by atoms with van der Waals surface area (Å²) in [6.45, 7) is 5.32. The fourth-order valence-corrected chi connectivity index (χ4v) is 4.19. The van der Waals surface area contributed by atoms with Crippen molar-refractivity contribution in [1.82, 2.24) is 9.78 Å². The zero-order valence-electron chi connectivity index (χ0n) is 16.5. The van der Waals surface area contributed by atoms with Crippen molar-refractivity contribution in [2.45, 2.75) is 33.1 Å². The quantitative estimate of drug-likeness (QED) is 0.467. The molecule has 0 saturated heterocycles. The second-order valence-corrected chi connectivity index (χ2v) is 7.77. The molecule has 1 aliphatic rings. The Labute approximate surface area is 166 Å². The highest BCUT2D eigenvalue weighted by Crippen LogP contribution is 2.37. The van der Waals surface area contributed by atoms with Gasteiger partial charge in [-0.3, -0.25) is 0 Å². The SMILES string of the molecule is Cc1ccc(-n2nc(-c3cccc4ccccc34)c3c2NCCCC3)cc1C. The van der Waals surface area contributed by atoms with E-state index in [0.717, 1.165) is 30.2 Å². The minimum Gasteiger partial charge on any atom is -0.370 e. The van der Waals surface area contributed by atoms with Crippen LogP contribution >= 0.6 is 0 Å². The molecule has 3 aromatic carbocycles. The number of nitrogens with zero attached hydrogens (tertiary/aromatic N) is 2. The second-order valence-electron chi connectivity index (χ2n) is 7.77. The highest BCUT2D eigenvalue weighted by molar-refractivity contribution is 5.97. The predicted octanol–water partition coefficient (Wildman–Crippen LogP) is 6.06. The molecule has 0 spiro atoms. The average Bonchev–Trinajstić information content (AvgIpc) is 2.90. The minimum atomic E-state index is 0.999. The highest BCUT2D eigenvalue weighted by atomic mass is 15.3. The summed E-state index contributed by atoms with van der Waals surface area (Å²) in [6.07, 6.45) is 3.44. The summed E-state index contributed by atoms with van der Waals surface area (Å²) < 4.78 is 2.12. The molecule has 0 saturated carbocycles. The van der Waals surface area contributed by atoms with E-state index in [4.69, 9.17) is 5.10 Å². The molecule has 3 heteroatoms. The van der Waals surface area contributed by atoms with Gasteiger partial charge in [0.25, 0.3) is 0 Å². The van der Waals surface area contributed by atoms with Crippen LogP contribution in [0, 0.1) is 13.8 Å². The van der Waals surface area contributed by atoms with E-state index in [-0.39, 0.29) is 0 Å². The molecule has 0 aliphatic carbocycles. The largest absolute Gasteiger partial charge is 0.370 e. The first kappa shape index (κ1) is 17.1. The minimum absolute atomic E-state index is 0.999. The van der Waals surface area contributed by atoms with Crippen molar-refractivity contribution in [1.29, 1.82) is 0 Å². The maximum absolute atomic E-state index is 5.15. The Balaban J connectivity index is 1.77. The lowest BCUT2D eigenvalue weighted by atomic mass is 9.98. The topological polar surface area (TPSA) is 29.9 Å². The number of fused-ring (bicyclic) bond motifs is 2. The van der Waals surface area contributed by atoms with Crippen molar-refractivity contribution < 1.29 is 0 Å². The van der Waals surface area contributed by atoms with Crippen molar-refractivity contribution in [3.63, 3.8) is 0 Å². The van der Waals surface area contributed by atoms with E-state index in [0.29, 0.717) is 0 Å². The predicted molar refractivity (Wildman–Crippen MR) is 117 cm³/mol. The number of hydrogen-bond donors (Lipinski definition) is 1. The summed E-state index contributed by atoms with van der Waals surface area (Å²) in [5.74, 6) is 1.16. The van der Waals surface area contributed by atoms with Crippen LogP contribution in [0.25, 0.3) is 27.7 Å². The molecule has 140 valence electrons. The number of benzene rings is 3. The van der Waals surface area contributed by atoms with Gasteiger partial charge in [0.1, 0.15) is 5.82 Å². The van der Waals surface area contributed by atoms with Crippen molar-refractivity contribution in [3.8, 4) is 16.9 Å². The van der Waals surface area contributed by atoms with Gasteiger partial charge in [0, 0.05) is 17.7 Å². The summed E-state index contributed by atoms with van der Waals surface area (Å²) in [6, 6.07) is 21.7. The van der Waals surface area contributed by atoms with Gasteiger partial charge in [0.2, 0.25) is 0 Å². The zero-order valence-corrected chi connectivity index (χ0v) is 16.5. The van der Waals surface area contributed by atoms with E-state index in [1.807, 2.05) is 0 Å². The molecule has 0 fully saturated rings. The van der Waals surface area contributed by atoms with Crippen LogP contribution in [0.3, 0.4) is 0 Å². The lowest BCUT2D eigenvalue weighted by Gasteiger charge is -2.10. The third-order valence-corrected chi connectivity index (χ3v) is 5.91. The van der Waals surface area contributed by atoms with E-state index in [9.17, 15) is 0 Å². The fourth-order valence-electron chi connectivity index (χ4n) is 4.19. The molecule has 1 aliphatic heterocycles. The lowest BCUT2D eigenvalue weighted by molar-refractivity contribution is 0.780. The van der Waals surface area contributed by atoms with Crippen molar-refractivity contribution >= 4 is 16.6 Å². The van der Waals surface area contributed by atoms with Crippen molar-refractivity contribution in [2.75, 3.05) is 11.9 Å². The molecule has 0 unspecified atom stereocenters. The van der Waals surface area contributed by atoms with Crippen LogP contribution in [0.2, 0.25) is 0 Å². The standard InChI is InChI=1S/C25H25N3/c1-17-13-14-20(16-18(17)2)28-25-23(11-5-6-15-26-25)24(27-28)22-12-7-9-19-8-3-4-10-21(19)22/h3-4,7-10,12-14,16,26H,5-6,11,15H2,1-2H3. The molecule has 1 aromatic heterocycles. The molecule has 3 nitrogen and oxygen atoms in total. The normalized spacial score (nSPS) is 13.8. The molecule has 0 amide bonds. The van der Waals surface area contributed by atoms with Crippen LogP contribution in [0.1, 0.15) is 29.5 Å². The first-order valence-electron chi connectivity index (χ1n) is 10.1. The summed E-state index contributed by atoms with van der Waals surface area (Å²) in [5.41, 5.74) is 7.40. The van der Waals surface area contributed by atoms with Gasteiger partial charge in [-0.25, -0.2) is 4.68 Å². The van der Waals surface area contributed by atoms with Gasteiger partial charge in [-0.05, 0) is 67.1 Å². The fraction of sp³-hybridized carbons (Fsp3) is 0.240. The van der Waals surface area contributed by atoms with Crippen molar-refractivity contribution in [2.24, 2.45) is 0 Å². The van der Waals surface area contributed by atoms with Gasteiger partial charge in [0.15, 0.2) is 0 Å². The highest BCUT2D eigenvalue weighted by Gasteiger charge is 2.22. The summed E-state index contributed by atoms with van der Waals surface area (Å²) >= 11 is 0. The van der Waals surface area contributed by atoms with E-state index >= 15 is 0 Å². The Morgan fingerprint density at radius 1 is 0.893 bits per heavy atom. The number of hydrogen-bond acceptors (Lipinski definition) is 2. The molecule has 4 aromatic rings. The summed E-state index contributed by atoms with van der Waals surface area (Å²) in [4.78, 5) is 0. The van der Waals surface area contributed by atoms with E-state index in [1.165, 1.54) is 45.9 Å². The number of rotatable bonds is 2. The van der Waals surface area contributed by atoms with Crippen LogP contribution in [-0.4, -0.2) is 16.3 Å². The van der Waals surface area contributed by atoms with E-state index < -0.39 is 0 Å². The van der Waals surface area contributed by atoms with Gasteiger partial charge in [-0.1, -0.05) is 48.5 Å². The van der Waals surface area contributed by atoms with Crippen LogP contribution in [0.4, 0.5) is 5.82 Å². The molecular formula is C25H25N3. The first-order valence-corrected chi connectivity index (χ1v) is 10.1. The monoisotopic (exact) mass is 367 g/mol. The molecule has 5 rings (SSSR count). The Kier molecular flexibility index (Phi) is 4.16. The number of anilines is 1. The Bertz CT molecular complexity index is 1160.